The highest BCUT2D eigenvalue weighted by atomic mass is 16.6. The average Bonchev–Trinajstić information content (AvgIpc) is 2.80. The molecule has 0 radical (unpaired) electrons. The van der Waals surface area contributed by atoms with Crippen molar-refractivity contribution in [1.82, 2.24) is 19.8 Å². The van der Waals surface area contributed by atoms with Crippen LogP contribution in [-0.4, -0.2) is 69.2 Å². The fourth-order valence-electron chi connectivity index (χ4n) is 3.92. The molecule has 1 amide bonds. The Morgan fingerprint density at radius 2 is 1.83 bits per heavy atom. The summed E-state index contributed by atoms with van der Waals surface area (Å²) in [5, 5.41) is 8.54. The van der Waals surface area contributed by atoms with Gasteiger partial charge in [-0.3, -0.25) is 19.5 Å². The van der Waals surface area contributed by atoms with E-state index >= 15 is 0 Å². The number of hydrogen-bond donors (Lipinski definition) is 2. The first-order valence-corrected chi connectivity index (χ1v) is 11.5. The number of hydrogen-bond acceptors (Lipinski definition) is 6. The second-order valence-corrected chi connectivity index (χ2v) is 9.44. The number of pyridine rings is 2. The molecule has 0 aliphatic carbocycles. The molecule has 1 aromatic carbocycles. The number of benzene rings is 1. The number of H-pyrrole nitrogens is 1. The van der Waals surface area contributed by atoms with E-state index in [2.05, 4.69) is 14.9 Å². The molecule has 0 bridgehead atoms. The molecule has 2 aromatic heterocycles. The lowest BCUT2D eigenvalue weighted by Gasteiger charge is -2.35. The summed E-state index contributed by atoms with van der Waals surface area (Å²) >= 11 is 0. The number of nitrogens with zero attached hydrogens (tertiary/aromatic N) is 3. The van der Waals surface area contributed by atoms with Gasteiger partial charge in [0.05, 0.1) is 11.4 Å². The summed E-state index contributed by atoms with van der Waals surface area (Å²) in [4.78, 5) is 44.7. The lowest BCUT2D eigenvalue weighted by Crippen LogP contribution is -2.49. The topological polar surface area (TPSA) is 116 Å². The Morgan fingerprint density at radius 3 is 2.43 bits per heavy atom. The van der Waals surface area contributed by atoms with Gasteiger partial charge in [0.25, 0.3) is 12.0 Å². The molecule has 3 aromatic rings. The molecule has 0 unspecified atom stereocenters. The third-order valence-corrected chi connectivity index (χ3v) is 5.65. The Balaban J connectivity index is 0.00000108. The van der Waals surface area contributed by atoms with Gasteiger partial charge in [-0.05, 0) is 62.9 Å². The Hall–Kier alpha value is -3.72. The van der Waals surface area contributed by atoms with E-state index in [0.29, 0.717) is 18.5 Å². The van der Waals surface area contributed by atoms with Gasteiger partial charge in [0.2, 0.25) is 0 Å². The first-order valence-electron chi connectivity index (χ1n) is 11.5. The minimum Gasteiger partial charge on any atom is -0.483 e. The van der Waals surface area contributed by atoms with Crippen molar-refractivity contribution in [2.75, 3.05) is 26.2 Å². The van der Waals surface area contributed by atoms with Crippen molar-refractivity contribution in [2.24, 2.45) is 0 Å². The fourth-order valence-corrected chi connectivity index (χ4v) is 3.92. The number of carbonyl (C=O) groups excluding carboxylic acids is 1. The zero-order valence-corrected chi connectivity index (χ0v) is 20.6. The molecule has 3 heterocycles. The van der Waals surface area contributed by atoms with Crippen molar-refractivity contribution < 1.29 is 19.4 Å². The summed E-state index contributed by atoms with van der Waals surface area (Å²) in [5.74, 6) is 0. The van der Waals surface area contributed by atoms with Crippen molar-refractivity contribution in [3.63, 3.8) is 0 Å². The van der Waals surface area contributed by atoms with Gasteiger partial charge in [0.1, 0.15) is 5.60 Å². The minimum absolute atomic E-state index is 0.0897. The van der Waals surface area contributed by atoms with Crippen LogP contribution in [0.3, 0.4) is 0 Å². The van der Waals surface area contributed by atoms with E-state index in [1.54, 1.807) is 4.90 Å². The maximum atomic E-state index is 12.5. The smallest absolute Gasteiger partial charge is 0.410 e. The van der Waals surface area contributed by atoms with Gasteiger partial charge >= 0.3 is 6.09 Å². The van der Waals surface area contributed by atoms with Crippen LogP contribution in [-0.2, 0) is 16.1 Å². The van der Waals surface area contributed by atoms with Gasteiger partial charge in [-0.25, -0.2) is 4.79 Å². The Morgan fingerprint density at radius 1 is 1.14 bits per heavy atom. The number of carbonyl (C=O) groups is 2. The van der Waals surface area contributed by atoms with Crippen LogP contribution in [0, 0.1) is 6.92 Å². The number of fused-ring (bicyclic) bond motifs is 1. The van der Waals surface area contributed by atoms with Crippen LogP contribution in [0.15, 0.2) is 47.4 Å². The molecular formula is C26H32N4O5. The third-order valence-electron chi connectivity index (χ3n) is 5.65. The molecule has 1 fully saturated rings. The van der Waals surface area contributed by atoms with E-state index in [-0.39, 0.29) is 18.1 Å². The molecule has 1 saturated heterocycles. The largest absolute Gasteiger partial charge is 0.483 e. The van der Waals surface area contributed by atoms with Gasteiger partial charge in [-0.1, -0.05) is 12.1 Å². The van der Waals surface area contributed by atoms with E-state index in [0.717, 1.165) is 47.5 Å². The van der Waals surface area contributed by atoms with Gasteiger partial charge in [-0.2, -0.15) is 0 Å². The minimum atomic E-state index is -0.478. The van der Waals surface area contributed by atoms with Crippen LogP contribution >= 0.6 is 0 Å². The average molecular weight is 481 g/mol. The number of rotatable bonds is 3. The summed E-state index contributed by atoms with van der Waals surface area (Å²) in [6, 6.07) is 11.8. The Kier molecular flexibility index (Phi) is 8.24. The van der Waals surface area contributed by atoms with Crippen LogP contribution < -0.4 is 5.56 Å². The summed E-state index contributed by atoms with van der Waals surface area (Å²) in [5.41, 5.74) is 3.11. The highest BCUT2D eigenvalue weighted by molar-refractivity contribution is 5.87. The van der Waals surface area contributed by atoms with E-state index in [9.17, 15) is 9.59 Å². The monoisotopic (exact) mass is 480 g/mol. The highest BCUT2D eigenvalue weighted by Crippen LogP contribution is 2.22. The molecule has 186 valence electrons. The Labute approximate surface area is 204 Å². The van der Waals surface area contributed by atoms with Gasteiger partial charge in [0.15, 0.2) is 0 Å². The van der Waals surface area contributed by atoms with Crippen molar-refractivity contribution in [3.05, 3.63) is 64.2 Å². The first-order chi connectivity index (χ1) is 16.6. The summed E-state index contributed by atoms with van der Waals surface area (Å²) in [6.07, 6.45) is 1.56. The molecule has 0 spiro atoms. The SMILES string of the molecule is Cc1cccc2c(=O)[nH]c(-c3ccc(CN4CCN(C(=O)OC(C)(C)C)CC4)nc3)cc12.O=CO. The first kappa shape index (κ1) is 25.9. The lowest BCUT2D eigenvalue weighted by atomic mass is 10.0. The fraction of sp³-hybridized carbons (Fsp3) is 0.385. The van der Waals surface area contributed by atoms with Crippen molar-refractivity contribution in [1.29, 1.82) is 0 Å². The number of aromatic amines is 1. The van der Waals surface area contributed by atoms with E-state index in [4.69, 9.17) is 14.6 Å². The van der Waals surface area contributed by atoms with Crippen LogP contribution in [0.4, 0.5) is 4.79 Å². The maximum Gasteiger partial charge on any atom is 0.410 e. The Bertz CT molecular complexity index is 1220. The molecule has 9 nitrogen and oxygen atoms in total. The number of nitrogens with one attached hydrogen (secondary N) is 1. The maximum absolute atomic E-state index is 12.5. The van der Waals surface area contributed by atoms with Crippen molar-refractivity contribution >= 4 is 23.3 Å². The molecular weight excluding hydrogens is 448 g/mol. The zero-order valence-electron chi connectivity index (χ0n) is 20.6. The van der Waals surface area contributed by atoms with Gasteiger partial charge < -0.3 is 19.7 Å². The molecule has 1 aliphatic heterocycles. The molecule has 9 heteroatoms. The van der Waals surface area contributed by atoms with Gasteiger partial charge in [-0.15, -0.1) is 0 Å². The van der Waals surface area contributed by atoms with Crippen LogP contribution in [0.1, 0.15) is 32.0 Å². The predicted molar refractivity (Wildman–Crippen MR) is 134 cm³/mol. The third kappa shape index (κ3) is 6.89. The number of piperazine rings is 1. The molecule has 4 rings (SSSR count). The number of aryl methyl sites for hydroxylation is 1. The number of ether oxygens (including phenoxy) is 1. The number of aromatic nitrogens is 2. The molecule has 0 saturated carbocycles. The standard InChI is InChI=1S/C25H30N4O3.CH2O2/c1-17-6-5-7-20-21(17)14-22(27-23(20)30)18-8-9-19(26-15-18)16-28-10-12-29(13-11-28)24(31)32-25(2,3)4;2-1-3/h5-9,14-15H,10-13,16H2,1-4H3,(H,27,30);1H,(H,2,3). The number of amides is 1. The second-order valence-electron chi connectivity index (χ2n) is 9.44. The molecule has 1 aliphatic rings. The number of carboxylic acid groups (broad SMARTS) is 1. The highest BCUT2D eigenvalue weighted by Gasteiger charge is 2.25. The van der Waals surface area contributed by atoms with E-state index in [1.807, 2.05) is 70.3 Å². The van der Waals surface area contributed by atoms with Crippen molar-refractivity contribution in [2.45, 2.75) is 39.8 Å². The normalized spacial score (nSPS) is 14.2. The van der Waals surface area contributed by atoms with Crippen LogP contribution in [0.5, 0.6) is 0 Å². The van der Waals surface area contributed by atoms with E-state index in [1.165, 1.54) is 0 Å². The van der Waals surface area contributed by atoms with E-state index < -0.39 is 5.60 Å². The predicted octanol–water partition coefficient (Wildman–Crippen LogP) is 3.65. The summed E-state index contributed by atoms with van der Waals surface area (Å²) in [7, 11) is 0. The van der Waals surface area contributed by atoms with Gasteiger partial charge in [0, 0.05) is 49.9 Å². The quantitative estimate of drug-likeness (QED) is 0.550. The second kappa shape index (κ2) is 11.1. The van der Waals surface area contributed by atoms with Crippen LogP contribution in [0.2, 0.25) is 0 Å². The van der Waals surface area contributed by atoms with Crippen molar-refractivity contribution in [3.8, 4) is 11.3 Å². The molecule has 0 atom stereocenters. The zero-order chi connectivity index (χ0) is 25.6. The molecule has 2 N–H and O–H groups in total. The van der Waals surface area contributed by atoms with Crippen LogP contribution in [0.25, 0.3) is 22.0 Å². The molecule has 35 heavy (non-hydrogen) atoms. The summed E-state index contributed by atoms with van der Waals surface area (Å²) in [6.45, 7) is 11.0. The summed E-state index contributed by atoms with van der Waals surface area (Å²) < 4.78 is 5.46. The lowest BCUT2D eigenvalue weighted by molar-refractivity contribution is -0.122.